The largest absolute Gasteiger partial charge is 0.301 e. The summed E-state index contributed by atoms with van der Waals surface area (Å²) in [4.78, 5) is 14.5. The zero-order valence-electron chi connectivity index (χ0n) is 13.7. The Morgan fingerprint density at radius 2 is 1.96 bits per heavy atom. The van der Waals surface area contributed by atoms with Crippen molar-refractivity contribution in [3.8, 4) is 11.4 Å². The van der Waals surface area contributed by atoms with Crippen LogP contribution in [0, 0.1) is 6.92 Å². The summed E-state index contributed by atoms with van der Waals surface area (Å²) < 4.78 is 1.90. The van der Waals surface area contributed by atoms with Crippen LogP contribution in [-0.4, -0.2) is 38.1 Å². The summed E-state index contributed by atoms with van der Waals surface area (Å²) in [6, 6.07) is 10.1. The number of thiophene rings is 1. The molecule has 0 fully saturated rings. The third-order valence-electron chi connectivity index (χ3n) is 4.66. The Morgan fingerprint density at radius 1 is 1.12 bits per heavy atom. The summed E-state index contributed by atoms with van der Waals surface area (Å²) in [5, 5.41) is 5.91. The molecule has 1 aliphatic heterocycles. The first kappa shape index (κ1) is 14.1. The molecule has 0 bridgehead atoms. The first-order chi connectivity index (χ1) is 11.7. The van der Waals surface area contributed by atoms with Gasteiger partial charge in [-0.3, -0.25) is 0 Å². The highest BCUT2D eigenvalue weighted by molar-refractivity contribution is 7.19. The van der Waals surface area contributed by atoms with Crippen molar-refractivity contribution in [2.24, 2.45) is 0 Å². The van der Waals surface area contributed by atoms with Crippen LogP contribution in [0.15, 0.2) is 30.3 Å². The fraction of sp³-hybridized carbons (Fsp3) is 0.278. The highest BCUT2D eigenvalue weighted by Gasteiger charge is 2.23. The SMILES string of the molecule is Cc1nc2sc3c(c2c2nc(-c4ccccc4)nn12)CCN(C)C3. The van der Waals surface area contributed by atoms with E-state index in [1.165, 1.54) is 15.8 Å². The van der Waals surface area contributed by atoms with Gasteiger partial charge in [-0.25, -0.2) is 9.97 Å². The van der Waals surface area contributed by atoms with Crippen LogP contribution in [0.4, 0.5) is 0 Å². The van der Waals surface area contributed by atoms with E-state index in [1.807, 2.05) is 41.8 Å². The molecule has 0 aliphatic carbocycles. The van der Waals surface area contributed by atoms with Crippen LogP contribution in [0.3, 0.4) is 0 Å². The Bertz CT molecular complexity index is 1060. The van der Waals surface area contributed by atoms with E-state index in [9.17, 15) is 0 Å². The van der Waals surface area contributed by atoms with E-state index in [0.717, 1.165) is 47.2 Å². The van der Waals surface area contributed by atoms with Gasteiger partial charge in [0.05, 0.1) is 5.39 Å². The molecule has 5 nitrogen and oxygen atoms in total. The zero-order chi connectivity index (χ0) is 16.3. The molecule has 120 valence electrons. The molecule has 0 radical (unpaired) electrons. The first-order valence-electron chi connectivity index (χ1n) is 8.12. The second kappa shape index (κ2) is 5.09. The van der Waals surface area contributed by atoms with Gasteiger partial charge in [-0.15, -0.1) is 16.4 Å². The minimum atomic E-state index is 0.765. The van der Waals surface area contributed by atoms with Crippen molar-refractivity contribution in [2.75, 3.05) is 13.6 Å². The number of hydrogen-bond donors (Lipinski definition) is 0. The van der Waals surface area contributed by atoms with Gasteiger partial charge in [0.25, 0.3) is 0 Å². The number of hydrogen-bond acceptors (Lipinski definition) is 5. The normalized spacial score (nSPS) is 15.2. The van der Waals surface area contributed by atoms with E-state index in [1.54, 1.807) is 11.3 Å². The standard InChI is InChI=1S/C18H17N5S/c1-11-19-18-15(13-8-9-22(2)10-14(13)24-18)17-20-16(21-23(11)17)12-6-4-3-5-7-12/h3-7H,8-10H2,1-2H3. The van der Waals surface area contributed by atoms with Gasteiger partial charge in [0.15, 0.2) is 11.5 Å². The maximum absolute atomic E-state index is 4.88. The lowest BCUT2D eigenvalue weighted by Gasteiger charge is -2.21. The molecule has 0 saturated heterocycles. The number of nitrogens with zero attached hydrogens (tertiary/aromatic N) is 5. The summed E-state index contributed by atoms with van der Waals surface area (Å²) in [5.74, 6) is 1.65. The Labute approximate surface area is 143 Å². The highest BCUT2D eigenvalue weighted by atomic mass is 32.1. The van der Waals surface area contributed by atoms with E-state index in [4.69, 9.17) is 15.1 Å². The van der Waals surface area contributed by atoms with Crippen molar-refractivity contribution in [2.45, 2.75) is 19.9 Å². The number of fused-ring (bicyclic) bond motifs is 5. The number of likely N-dealkylation sites (N-methyl/N-ethyl adjacent to an activating group) is 1. The highest BCUT2D eigenvalue weighted by Crippen LogP contribution is 2.36. The van der Waals surface area contributed by atoms with Gasteiger partial charge in [-0.2, -0.15) is 4.52 Å². The van der Waals surface area contributed by atoms with E-state index in [2.05, 4.69) is 11.9 Å². The van der Waals surface area contributed by atoms with Gasteiger partial charge in [-0.05, 0) is 26.0 Å². The van der Waals surface area contributed by atoms with Crippen molar-refractivity contribution < 1.29 is 0 Å². The van der Waals surface area contributed by atoms with Gasteiger partial charge in [-0.1, -0.05) is 30.3 Å². The lowest BCUT2D eigenvalue weighted by atomic mass is 10.1. The zero-order valence-corrected chi connectivity index (χ0v) is 14.5. The molecule has 4 aromatic rings. The Hall–Kier alpha value is -2.31. The van der Waals surface area contributed by atoms with Crippen molar-refractivity contribution in [1.82, 2.24) is 24.5 Å². The fourth-order valence-electron chi connectivity index (χ4n) is 3.43. The molecule has 3 aromatic heterocycles. The maximum atomic E-state index is 4.88. The van der Waals surface area contributed by atoms with Gasteiger partial charge >= 0.3 is 0 Å². The average molecular weight is 335 g/mol. The number of rotatable bonds is 1. The predicted octanol–water partition coefficient (Wildman–Crippen LogP) is 3.30. The molecule has 0 N–H and O–H groups in total. The molecule has 0 atom stereocenters. The molecule has 1 aliphatic rings. The molecule has 5 rings (SSSR count). The molecule has 4 heterocycles. The summed E-state index contributed by atoms with van der Waals surface area (Å²) in [5.41, 5.74) is 3.40. The second-order valence-electron chi connectivity index (χ2n) is 6.37. The lowest BCUT2D eigenvalue weighted by Crippen LogP contribution is -2.25. The van der Waals surface area contributed by atoms with E-state index < -0.39 is 0 Å². The van der Waals surface area contributed by atoms with E-state index in [0.29, 0.717) is 0 Å². The van der Waals surface area contributed by atoms with E-state index >= 15 is 0 Å². The molecule has 0 unspecified atom stereocenters. The molecule has 6 heteroatoms. The molecule has 24 heavy (non-hydrogen) atoms. The summed E-state index contributed by atoms with van der Waals surface area (Å²) in [6.07, 6.45) is 1.06. The molecular weight excluding hydrogens is 318 g/mol. The van der Waals surface area contributed by atoms with E-state index in [-0.39, 0.29) is 0 Å². The summed E-state index contributed by atoms with van der Waals surface area (Å²) >= 11 is 1.80. The quantitative estimate of drug-likeness (QED) is 0.535. The van der Waals surface area contributed by atoms with Crippen molar-refractivity contribution in [1.29, 1.82) is 0 Å². The third-order valence-corrected chi connectivity index (χ3v) is 5.77. The molecule has 0 amide bonds. The Morgan fingerprint density at radius 3 is 2.79 bits per heavy atom. The minimum Gasteiger partial charge on any atom is -0.301 e. The molecule has 0 saturated carbocycles. The maximum Gasteiger partial charge on any atom is 0.182 e. The second-order valence-corrected chi connectivity index (χ2v) is 7.45. The van der Waals surface area contributed by atoms with Crippen LogP contribution in [0.5, 0.6) is 0 Å². The van der Waals surface area contributed by atoms with Crippen LogP contribution in [0.1, 0.15) is 16.3 Å². The van der Waals surface area contributed by atoms with Crippen molar-refractivity contribution >= 4 is 27.2 Å². The molecule has 0 spiro atoms. The Kier molecular flexibility index (Phi) is 2.98. The molecule has 1 aromatic carbocycles. The van der Waals surface area contributed by atoms with Crippen LogP contribution in [0.2, 0.25) is 0 Å². The predicted molar refractivity (Wildman–Crippen MR) is 96.4 cm³/mol. The first-order valence-corrected chi connectivity index (χ1v) is 8.94. The van der Waals surface area contributed by atoms with Crippen LogP contribution in [-0.2, 0) is 13.0 Å². The van der Waals surface area contributed by atoms with Gasteiger partial charge in [0.2, 0.25) is 0 Å². The Balaban J connectivity index is 1.82. The topological polar surface area (TPSA) is 46.3 Å². The smallest absolute Gasteiger partial charge is 0.182 e. The lowest BCUT2D eigenvalue weighted by molar-refractivity contribution is 0.318. The van der Waals surface area contributed by atoms with Crippen molar-refractivity contribution in [3.05, 3.63) is 46.6 Å². The van der Waals surface area contributed by atoms with Crippen molar-refractivity contribution in [3.63, 3.8) is 0 Å². The fourth-order valence-corrected chi connectivity index (χ4v) is 4.77. The minimum absolute atomic E-state index is 0.765. The number of aromatic nitrogens is 4. The third kappa shape index (κ3) is 2.00. The summed E-state index contributed by atoms with van der Waals surface area (Å²) in [6.45, 7) is 4.08. The number of benzene rings is 1. The summed E-state index contributed by atoms with van der Waals surface area (Å²) in [7, 11) is 2.17. The molecular formula is C18H17N5S. The van der Waals surface area contributed by atoms with Crippen LogP contribution >= 0.6 is 11.3 Å². The van der Waals surface area contributed by atoms with Crippen LogP contribution < -0.4 is 0 Å². The number of aryl methyl sites for hydroxylation is 1. The van der Waals surface area contributed by atoms with Gasteiger partial charge in [0.1, 0.15) is 10.7 Å². The van der Waals surface area contributed by atoms with Gasteiger partial charge < -0.3 is 4.90 Å². The van der Waals surface area contributed by atoms with Crippen LogP contribution in [0.25, 0.3) is 27.3 Å². The average Bonchev–Trinajstić information content (AvgIpc) is 3.16. The monoisotopic (exact) mass is 335 g/mol. The van der Waals surface area contributed by atoms with Gasteiger partial charge in [0, 0.05) is 23.5 Å².